The summed E-state index contributed by atoms with van der Waals surface area (Å²) < 4.78 is 16.6. The van der Waals surface area contributed by atoms with Gasteiger partial charge in [0.2, 0.25) is 0 Å². The highest BCUT2D eigenvalue weighted by Crippen LogP contribution is 2.34. The molecule has 0 spiro atoms. The predicted molar refractivity (Wildman–Crippen MR) is 124 cm³/mol. The summed E-state index contributed by atoms with van der Waals surface area (Å²) in [7, 11) is 1.59. The number of para-hydroxylation sites is 1. The summed E-state index contributed by atoms with van der Waals surface area (Å²) in [5.74, 6) is 0.882. The van der Waals surface area contributed by atoms with Gasteiger partial charge < -0.3 is 19.5 Å². The van der Waals surface area contributed by atoms with Gasteiger partial charge in [-0.2, -0.15) is 0 Å². The zero-order chi connectivity index (χ0) is 22.2. The lowest BCUT2D eigenvalue weighted by Crippen LogP contribution is -2.07. The Hall–Kier alpha value is -2.89. The van der Waals surface area contributed by atoms with E-state index in [-0.39, 0.29) is 12.6 Å². The molecule has 0 bridgehead atoms. The van der Waals surface area contributed by atoms with Crippen molar-refractivity contribution in [3.05, 3.63) is 87.4 Å². The van der Waals surface area contributed by atoms with Crippen molar-refractivity contribution in [3.8, 4) is 11.5 Å². The molecule has 3 rings (SSSR count). The summed E-state index contributed by atoms with van der Waals surface area (Å²) in [5.41, 5.74) is 2.98. The molecule has 0 unspecified atom stereocenters. The molecule has 3 aromatic rings. The molecule has 3 aromatic carbocycles. The summed E-state index contributed by atoms with van der Waals surface area (Å²) in [6.07, 6.45) is 0. The maximum absolute atomic E-state index is 11.8. The monoisotopic (exact) mass is 459 g/mol. The molecule has 1 N–H and O–H groups in total. The van der Waals surface area contributed by atoms with Gasteiger partial charge in [-0.3, -0.25) is 0 Å². The Kier molecular flexibility index (Phi) is 8.04. The average molecular weight is 460 g/mol. The van der Waals surface area contributed by atoms with E-state index in [1.165, 1.54) is 0 Å². The molecule has 0 heterocycles. The van der Waals surface area contributed by atoms with Gasteiger partial charge in [0.15, 0.2) is 11.5 Å². The number of rotatable bonds is 9. The fourth-order valence-electron chi connectivity index (χ4n) is 2.98. The summed E-state index contributed by atoms with van der Waals surface area (Å²) >= 11 is 12.5. The van der Waals surface area contributed by atoms with Gasteiger partial charge in [0.25, 0.3) is 0 Å². The summed E-state index contributed by atoms with van der Waals surface area (Å²) in [4.78, 5) is 11.8. The quantitative estimate of drug-likeness (QED) is 0.376. The van der Waals surface area contributed by atoms with E-state index >= 15 is 0 Å². The highest BCUT2D eigenvalue weighted by Gasteiger charge is 2.14. The molecule has 0 radical (unpaired) electrons. The Bertz CT molecular complexity index is 1020. The lowest BCUT2D eigenvalue weighted by molar-refractivity contribution is 0.0526. The van der Waals surface area contributed by atoms with Gasteiger partial charge in [-0.05, 0) is 49.4 Å². The second-order valence-corrected chi connectivity index (χ2v) is 7.40. The zero-order valence-electron chi connectivity index (χ0n) is 17.3. The van der Waals surface area contributed by atoms with Gasteiger partial charge in [-0.1, -0.05) is 41.4 Å². The molecule has 0 aliphatic carbocycles. The predicted octanol–water partition coefficient (Wildman–Crippen LogP) is 6.37. The van der Waals surface area contributed by atoms with E-state index in [4.69, 9.17) is 37.4 Å². The van der Waals surface area contributed by atoms with E-state index in [1.807, 2.05) is 30.3 Å². The third-order valence-electron chi connectivity index (χ3n) is 4.58. The second kappa shape index (κ2) is 10.9. The Morgan fingerprint density at radius 1 is 0.968 bits per heavy atom. The van der Waals surface area contributed by atoms with Gasteiger partial charge in [-0.25, -0.2) is 4.79 Å². The topological polar surface area (TPSA) is 56.8 Å². The minimum atomic E-state index is -0.337. The van der Waals surface area contributed by atoms with Crippen molar-refractivity contribution in [1.29, 1.82) is 0 Å². The largest absolute Gasteiger partial charge is 0.493 e. The number of nitrogens with one attached hydrogen (secondary N) is 1. The zero-order valence-corrected chi connectivity index (χ0v) is 18.8. The summed E-state index contributed by atoms with van der Waals surface area (Å²) in [6.45, 7) is 2.82. The summed E-state index contributed by atoms with van der Waals surface area (Å²) in [5, 5.41) is 4.42. The number of benzene rings is 3. The van der Waals surface area contributed by atoms with Crippen molar-refractivity contribution < 1.29 is 19.0 Å². The SMILES string of the molecule is CCOC(=O)c1ccc(NCc2cccc(OC)c2OCc2c(Cl)cccc2Cl)cc1. The first-order valence-corrected chi connectivity index (χ1v) is 10.5. The molecule has 0 atom stereocenters. The number of esters is 1. The Morgan fingerprint density at radius 2 is 1.65 bits per heavy atom. The van der Waals surface area contributed by atoms with Crippen molar-refractivity contribution in [2.45, 2.75) is 20.1 Å². The van der Waals surface area contributed by atoms with Crippen LogP contribution >= 0.6 is 23.2 Å². The van der Waals surface area contributed by atoms with Crippen LogP contribution in [0.25, 0.3) is 0 Å². The first-order valence-electron chi connectivity index (χ1n) is 9.76. The van der Waals surface area contributed by atoms with Crippen LogP contribution in [-0.4, -0.2) is 19.7 Å². The molecule has 0 aromatic heterocycles. The highest BCUT2D eigenvalue weighted by molar-refractivity contribution is 6.35. The number of carbonyl (C=O) groups is 1. The minimum Gasteiger partial charge on any atom is -0.493 e. The van der Waals surface area contributed by atoms with E-state index in [0.29, 0.717) is 45.8 Å². The number of hydrogen-bond donors (Lipinski definition) is 1. The van der Waals surface area contributed by atoms with Crippen molar-refractivity contribution in [1.82, 2.24) is 0 Å². The molecule has 162 valence electrons. The van der Waals surface area contributed by atoms with Crippen LogP contribution in [0.3, 0.4) is 0 Å². The fraction of sp³-hybridized carbons (Fsp3) is 0.208. The minimum absolute atomic E-state index is 0.208. The van der Waals surface area contributed by atoms with Crippen LogP contribution in [-0.2, 0) is 17.9 Å². The lowest BCUT2D eigenvalue weighted by Gasteiger charge is -2.17. The summed E-state index contributed by atoms with van der Waals surface area (Å²) in [6, 6.07) is 18.1. The number of carbonyl (C=O) groups excluding carboxylic acids is 1. The van der Waals surface area contributed by atoms with Crippen LogP contribution in [0.5, 0.6) is 11.5 Å². The van der Waals surface area contributed by atoms with E-state index in [1.54, 1.807) is 44.4 Å². The lowest BCUT2D eigenvalue weighted by atomic mass is 10.1. The number of ether oxygens (including phenoxy) is 3. The molecule has 0 aliphatic rings. The van der Waals surface area contributed by atoms with Crippen LogP contribution < -0.4 is 14.8 Å². The molecule has 0 saturated heterocycles. The smallest absolute Gasteiger partial charge is 0.338 e. The first kappa shape index (κ1) is 22.8. The molecular formula is C24H23Cl2NO4. The van der Waals surface area contributed by atoms with Gasteiger partial charge in [-0.15, -0.1) is 0 Å². The molecule has 0 amide bonds. The maximum Gasteiger partial charge on any atom is 0.338 e. The second-order valence-electron chi connectivity index (χ2n) is 6.59. The van der Waals surface area contributed by atoms with Gasteiger partial charge in [0.1, 0.15) is 6.61 Å². The van der Waals surface area contributed by atoms with Gasteiger partial charge in [0.05, 0.1) is 19.3 Å². The molecule has 31 heavy (non-hydrogen) atoms. The first-order chi connectivity index (χ1) is 15.0. The number of methoxy groups -OCH3 is 1. The van der Waals surface area contributed by atoms with Crippen LogP contribution in [0.15, 0.2) is 60.7 Å². The van der Waals surface area contributed by atoms with E-state index in [0.717, 1.165) is 11.3 Å². The van der Waals surface area contributed by atoms with E-state index in [9.17, 15) is 4.79 Å². The Balaban J connectivity index is 1.74. The standard InChI is InChI=1S/C24H23Cl2NO4/c1-3-30-24(28)16-10-12-18(13-11-16)27-14-17-6-4-9-22(29-2)23(17)31-15-19-20(25)7-5-8-21(19)26/h4-13,27H,3,14-15H2,1-2H3. The molecule has 0 saturated carbocycles. The van der Waals surface area contributed by atoms with Crippen molar-refractivity contribution in [2.24, 2.45) is 0 Å². The molecule has 0 fully saturated rings. The van der Waals surface area contributed by atoms with Gasteiger partial charge in [0, 0.05) is 33.4 Å². The van der Waals surface area contributed by atoms with Crippen molar-refractivity contribution in [3.63, 3.8) is 0 Å². The molecular weight excluding hydrogens is 437 g/mol. The van der Waals surface area contributed by atoms with Crippen molar-refractivity contribution in [2.75, 3.05) is 19.0 Å². The average Bonchev–Trinajstić information content (AvgIpc) is 2.78. The van der Waals surface area contributed by atoms with Crippen LogP contribution in [0, 0.1) is 0 Å². The maximum atomic E-state index is 11.8. The van der Waals surface area contributed by atoms with Crippen LogP contribution in [0.1, 0.15) is 28.4 Å². The van der Waals surface area contributed by atoms with E-state index in [2.05, 4.69) is 5.32 Å². The van der Waals surface area contributed by atoms with Gasteiger partial charge >= 0.3 is 5.97 Å². The number of anilines is 1. The fourth-order valence-corrected chi connectivity index (χ4v) is 3.48. The van der Waals surface area contributed by atoms with Crippen LogP contribution in [0.2, 0.25) is 10.0 Å². The third kappa shape index (κ3) is 5.84. The third-order valence-corrected chi connectivity index (χ3v) is 5.29. The number of halogens is 2. The highest BCUT2D eigenvalue weighted by atomic mass is 35.5. The Morgan fingerprint density at radius 3 is 2.29 bits per heavy atom. The van der Waals surface area contributed by atoms with Crippen molar-refractivity contribution >= 4 is 34.9 Å². The number of hydrogen-bond acceptors (Lipinski definition) is 5. The molecule has 0 aliphatic heterocycles. The molecule has 7 heteroatoms. The Labute approximate surface area is 191 Å². The van der Waals surface area contributed by atoms with Crippen LogP contribution in [0.4, 0.5) is 5.69 Å². The van der Waals surface area contributed by atoms with E-state index < -0.39 is 0 Å². The molecule has 5 nitrogen and oxygen atoms in total. The normalized spacial score (nSPS) is 10.5.